The fraction of sp³-hybridized carbons (Fsp3) is 0.188. The third-order valence-corrected chi connectivity index (χ3v) is 3.72. The van der Waals surface area contributed by atoms with Crippen LogP contribution in [0.3, 0.4) is 0 Å². The predicted octanol–water partition coefficient (Wildman–Crippen LogP) is 2.89. The second kappa shape index (κ2) is 6.74. The Kier molecular flexibility index (Phi) is 4.98. The highest BCUT2D eigenvalue weighted by molar-refractivity contribution is 9.10. The molecule has 3 N–H and O–H groups in total. The summed E-state index contributed by atoms with van der Waals surface area (Å²) in [4.78, 5) is 12.2. The molecule has 0 aliphatic carbocycles. The molecule has 0 aliphatic heterocycles. The van der Waals surface area contributed by atoms with Crippen molar-refractivity contribution in [3.8, 4) is 0 Å². The first-order valence-corrected chi connectivity index (χ1v) is 7.26. The standard InChI is InChI=1S/C16H17BrN2O2/c1-21-11-16(15(18)20,12-6-3-2-4-7-12)19-14-9-5-8-13(17)10-14/h2-10,19H,11H2,1H3,(H2,18,20). The van der Waals surface area contributed by atoms with Crippen LogP contribution in [0.25, 0.3) is 0 Å². The van der Waals surface area contributed by atoms with Crippen molar-refractivity contribution in [2.75, 3.05) is 19.0 Å². The van der Waals surface area contributed by atoms with E-state index >= 15 is 0 Å². The van der Waals surface area contributed by atoms with E-state index in [1.54, 1.807) is 7.11 Å². The van der Waals surface area contributed by atoms with Crippen LogP contribution in [0.5, 0.6) is 0 Å². The number of carbonyl (C=O) groups is 1. The molecule has 0 spiro atoms. The largest absolute Gasteiger partial charge is 0.381 e. The third kappa shape index (κ3) is 3.43. The smallest absolute Gasteiger partial charge is 0.250 e. The monoisotopic (exact) mass is 348 g/mol. The Labute approximate surface area is 132 Å². The molecular formula is C16H17BrN2O2. The van der Waals surface area contributed by atoms with Crippen LogP contribution in [-0.2, 0) is 15.1 Å². The Morgan fingerprint density at radius 3 is 2.52 bits per heavy atom. The van der Waals surface area contributed by atoms with Crippen LogP contribution in [0.2, 0.25) is 0 Å². The van der Waals surface area contributed by atoms with Gasteiger partial charge >= 0.3 is 0 Å². The summed E-state index contributed by atoms with van der Waals surface area (Å²) in [7, 11) is 1.54. The maximum atomic E-state index is 12.2. The third-order valence-electron chi connectivity index (χ3n) is 3.23. The van der Waals surface area contributed by atoms with E-state index in [-0.39, 0.29) is 6.61 Å². The molecular weight excluding hydrogens is 332 g/mol. The van der Waals surface area contributed by atoms with Crippen molar-refractivity contribution in [2.24, 2.45) is 5.73 Å². The molecule has 1 amide bonds. The summed E-state index contributed by atoms with van der Waals surface area (Å²) in [5.74, 6) is -0.490. The lowest BCUT2D eigenvalue weighted by molar-refractivity contribution is -0.124. The molecule has 21 heavy (non-hydrogen) atoms. The van der Waals surface area contributed by atoms with Crippen molar-refractivity contribution in [3.05, 3.63) is 64.6 Å². The highest BCUT2D eigenvalue weighted by Gasteiger charge is 2.38. The molecule has 110 valence electrons. The quantitative estimate of drug-likeness (QED) is 0.843. The number of amides is 1. The van der Waals surface area contributed by atoms with E-state index in [9.17, 15) is 4.79 Å². The lowest BCUT2D eigenvalue weighted by atomic mass is 9.89. The number of benzene rings is 2. The van der Waals surface area contributed by atoms with Gasteiger partial charge in [-0.25, -0.2) is 0 Å². The Bertz CT molecular complexity index is 619. The minimum Gasteiger partial charge on any atom is -0.381 e. The molecule has 4 nitrogen and oxygen atoms in total. The summed E-state index contributed by atoms with van der Waals surface area (Å²) in [6.45, 7) is 0.138. The van der Waals surface area contributed by atoms with Crippen molar-refractivity contribution >= 4 is 27.5 Å². The molecule has 5 heteroatoms. The average molecular weight is 349 g/mol. The van der Waals surface area contributed by atoms with Gasteiger partial charge in [0.1, 0.15) is 0 Å². The van der Waals surface area contributed by atoms with Crippen molar-refractivity contribution in [2.45, 2.75) is 5.54 Å². The van der Waals surface area contributed by atoms with Crippen LogP contribution in [0.1, 0.15) is 5.56 Å². The zero-order valence-corrected chi connectivity index (χ0v) is 13.3. The van der Waals surface area contributed by atoms with Gasteiger partial charge in [0.2, 0.25) is 5.91 Å². The van der Waals surface area contributed by atoms with Gasteiger partial charge in [0.05, 0.1) is 6.61 Å². The van der Waals surface area contributed by atoms with Crippen molar-refractivity contribution in [3.63, 3.8) is 0 Å². The van der Waals surface area contributed by atoms with Gasteiger partial charge in [-0.05, 0) is 23.8 Å². The van der Waals surface area contributed by atoms with E-state index in [4.69, 9.17) is 10.5 Å². The summed E-state index contributed by atoms with van der Waals surface area (Å²) in [5, 5.41) is 3.22. The van der Waals surface area contributed by atoms with Crippen molar-refractivity contribution in [1.82, 2.24) is 0 Å². The lowest BCUT2D eigenvalue weighted by Gasteiger charge is -2.32. The molecule has 0 fully saturated rings. The maximum Gasteiger partial charge on any atom is 0.250 e. The molecule has 0 heterocycles. The SMILES string of the molecule is COCC(Nc1cccc(Br)c1)(C(N)=O)c1ccccc1. The predicted molar refractivity (Wildman–Crippen MR) is 87.0 cm³/mol. The van der Waals surface area contributed by atoms with Gasteiger partial charge in [-0.15, -0.1) is 0 Å². The van der Waals surface area contributed by atoms with E-state index in [1.165, 1.54) is 0 Å². The number of nitrogens with one attached hydrogen (secondary N) is 1. The molecule has 0 aliphatic rings. The fourth-order valence-corrected chi connectivity index (χ4v) is 2.62. The molecule has 0 aromatic heterocycles. The van der Waals surface area contributed by atoms with Gasteiger partial charge in [-0.2, -0.15) is 0 Å². The number of ether oxygens (including phenoxy) is 1. The van der Waals surface area contributed by atoms with Gasteiger partial charge < -0.3 is 15.8 Å². The van der Waals surface area contributed by atoms with Gasteiger partial charge in [-0.1, -0.05) is 52.3 Å². The zero-order valence-electron chi connectivity index (χ0n) is 11.7. The minimum atomic E-state index is -1.11. The molecule has 0 bridgehead atoms. The molecule has 2 aromatic rings. The second-order valence-corrected chi connectivity index (χ2v) is 5.62. The van der Waals surface area contributed by atoms with Crippen LogP contribution >= 0.6 is 15.9 Å². The van der Waals surface area contributed by atoms with Crippen molar-refractivity contribution < 1.29 is 9.53 Å². The van der Waals surface area contributed by atoms with Gasteiger partial charge in [-0.3, -0.25) is 4.79 Å². The van der Waals surface area contributed by atoms with E-state index in [0.717, 1.165) is 15.7 Å². The molecule has 0 radical (unpaired) electrons. The van der Waals surface area contributed by atoms with Crippen LogP contribution < -0.4 is 11.1 Å². The number of rotatable bonds is 6. The van der Waals surface area contributed by atoms with Crippen LogP contribution in [-0.4, -0.2) is 19.6 Å². The van der Waals surface area contributed by atoms with Crippen LogP contribution in [0, 0.1) is 0 Å². The van der Waals surface area contributed by atoms with Crippen LogP contribution in [0.4, 0.5) is 5.69 Å². The van der Waals surface area contributed by atoms with E-state index in [0.29, 0.717) is 0 Å². The summed E-state index contributed by atoms with van der Waals surface area (Å²) in [6.07, 6.45) is 0. The molecule has 0 saturated carbocycles. The van der Waals surface area contributed by atoms with E-state index in [2.05, 4.69) is 21.2 Å². The van der Waals surface area contributed by atoms with Gasteiger partial charge in [0.15, 0.2) is 5.54 Å². The fourth-order valence-electron chi connectivity index (χ4n) is 2.22. The average Bonchev–Trinajstić information content (AvgIpc) is 2.47. The maximum absolute atomic E-state index is 12.2. The first kappa shape index (κ1) is 15.5. The van der Waals surface area contributed by atoms with E-state index in [1.807, 2.05) is 54.6 Å². The molecule has 1 unspecified atom stereocenters. The van der Waals surface area contributed by atoms with Gasteiger partial charge in [0, 0.05) is 17.3 Å². The summed E-state index contributed by atoms with van der Waals surface area (Å²) in [5.41, 5.74) is 6.11. The molecule has 2 rings (SSSR count). The number of hydrogen-bond acceptors (Lipinski definition) is 3. The number of halogens is 1. The summed E-state index contributed by atoms with van der Waals surface area (Å²) < 4.78 is 6.16. The highest BCUT2D eigenvalue weighted by Crippen LogP contribution is 2.28. The first-order valence-electron chi connectivity index (χ1n) is 6.46. The molecule has 0 saturated heterocycles. The van der Waals surface area contributed by atoms with Crippen molar-refractivity contribution in [1.29, 1.82) is 0 Å². The van der Waals surface area contributed by atoms with Gasteiger partial charge in [0.25, 0.3) is 0 Å². The Hall–Kier alpha value is -1.85. The zero-order chi connectivity index (χ0) is 15.3. The first-order chi connectivity index (χ1) is 10.1. The minimum absolute atomic E-state index is 0.138. The van der Waals surface area contributed by atoms with E-state index < -0.39 is 11.4 Å². The Morgan fingerprint density at radius 2 is 1.95 bits per heavy atom. The number of hydrogen-bond donors (Lipinski definition) is 2. The molecule has 1 atom stereocenters. The summed E-state index contributed by atoms with van der Waals surface area (Å²) in [6, 6.07) is 16.9. The Balaban J connectivity index is 2.47. The lowest BCUT2D eigenvalue weighted by Crippen LogP contribution is -2.51. The number of anilines is 1. The number of methoxy groups -OCH3 is 1. The second-order valence-electron chi connectivity index (χ2n) is 4.70. The highest BCUT2D eigenvalue weighted by atomic mass is 79.9. The molecule has 2 aromatic carbocycles. The number of carbonyl (C=O) groups excluding carboxylic acids is 1. The Morgan fingerprint density at radius 1 is 1.24 bits per heavy atom. The van der Waals surface area contributed by atoms with Crippen LogP contribution in [0.15, 0.2) is 59.1 Å². The summed E-state index contributed by atoms with van der Waals surface area (Å²) >= 11 is 3.41. The topological polar surface area (TPSA) is 64.3 Å². The normalized spacial score (nSPS) is 13.4. The number of primary amides is 1. The number of nitrogens with two attached hydrogens (primary N) is 1.